The molecule has 150 valence electrons. The lowest BCUT2D eigenvalue weighted by Crippen LogP contribution is -2.26. The second-order valence-corrected chi connectivity index (χ2v) is 6.88. The van der Waals surface area contributed by atoms with Gasteiger partial charge in [0.05, 0.1) is 17.6 Å². The Bertz CT molecular complexity index is 1160. The molecule has 4 rings (SSSR count). The highest BCUT2D eigenvalue weighted by molar-refractivity contribution is 5.94. The number of carbonyl (C=O) groups is 2. The van der Waals surface area contributed by atoms with Gasteiger partial charge in [0.2, 0.25) is 5.91 Å². The average Bonchev–Trinajstić information content (AvgIpc) is 3.16. The zero-order valence-corrected chi connectivity index (χ0v) is 16.3. The molecule has 0 bridgehead atoms. The molecule has 30 heavy (non-hydrogen) atoms. The highest BCUT2D eigenvalue weighted by Crippen LogP contribution is 2.22. The summed E-state index contributed by atoms with van der Waals surface area (Å²) < 4.78 is 5.75. The van der Waals surface area contributed by atoms with Gasteiger partial charge in [-0.2, -0.15) is 0 Å². The molecular formula is C23H20N4O3. The zero-order valence-electron chi connectivity index (χ0n) is 16.3. The summed E-state index contributed by atoms with van der Waals surface area (Å²) in [7, 11) is 1.74. The van der Waals surface area contributed by atoms with Gasteiger partial charge in [0.15, 0.2) is 0 Å². The third-order valence-electron chi connectivity index (χ3n) is 4.65. The van der Waals surface area contributed by atoms with E-state index in [0.717, 1.165) is 16.9 Å². The number of benzene rings is 3. The number of imidazole rings is 1. The fourth-order valence-corrected chi connectivity index (χ4v) is 3.09. The number of hydrogen-bond donors (Lipinski definition) is 2. The second-order valence-electron chi connectivity index (χ2n) is 6.88. The number of primary amides is 1. The molecule has 0 radical (unpaired) electrons. The van der Waals surface area contributed by atoms with Crippen LogP contribution < -0.4 is 10.5 Å². The molecule has 0 saturated carbocycles. The van der Waals surface area contributed by atoms with E-state index in [-0.39, 0.29) is 5.91 Å². The molecule has 0 atom stereocenters. The number of aromatic nitrogens is 2. The molecule has 3 aromatic carbocycles. The first-order valence-electron chi connectivity index (χ1n) is 9.36. The summed E-state index contributed by atoms with van der Waals surface area (Å²) in [6.07, 6.45) is 0. The van der Waals surface area contributed by atoms with E-state index in [1.165, 1.54) is 0 Å². The van der Waals surface area contributed by atoms with Crippen molar-refractivity contribution in [1.82, 2.24) is 14.9 Å². The highest BCUT2D eigenvalue weighted by Gasteiger charge is 2.14. The van der Waals surface area contributed by atoms with Crippen LogP contribution in [0.15, 0.2) is 72.8 Å². The summed E-state index contributed by atoms with van der Waals surface area (Å²) in [6.45, 7) is 0.373. The Morgan fingerprint density at radius 3 is 2.13 bits per heavy atom. The summed E-state index contributed by atoms with van der Waals surface area (Å²) in [5.41, 5.74) is 8.01. The Morgan fingerprint density at radius 2 is 1.53 bits per heavy atom. The van der Waals surface area contributed by atoms with E-state index in [1.54, 1.807) is 60.5 Å². The first-order valence-corrected chi connectivity index (χ1v) is 9.36. The van der Waals surface area contributed by atoms with Crippen LogP contribution in [-0.4, -0.2) is 33.7 Å². The lowest BCUT2D eigenvalue weighted by atomic mass is 10.2. The van der Waals surface area contributed by atoms with Crippen molar-refractivity contribution in [3.05, 3.63) is 89.7 Å². The van der Waals surface area contributed by atoms with Crippen molar-refractivity contribution in [2.45, 2.75) is 6.54 Å². The van der Waals surface area contributed by atoms with E-state index in [2.05, 4.69) is 9.97 Å². The average molecular weight is 400 g/mol. The fraction of sp³-hybridized carbons (Fsp3) is 0.0870. The van der Waals surface area contributed by atoms with Crippen LogP contribution in [0.4, 0.5) is 0 Å². The van der Waals surface area contributed by atoms with Crippen molar-refractivity contribution in [1.29, 1.82) is 0 Å². The molecule has 4 aromatic rings. The lowest BCUT2D eigenvalue weighted by molar-refractivity contribution is 0.0781. The van der Waals surface area contributed by atoms with Crippen molar-refractivity contribution in [3.8, 4) is 11.5 Å². The zero-order chi connectivity index (χ0) is 21.1. The Balaban J connectivity index is 1.41. The number of hydrogen-bond acceptors (Lipinski definition) is 4. The predicted molar refractivity (Wildman–Crippen MR) is 113 cm³/mol. The van der Waals surface area contributed by atoms with Crippen LogP contribution in [0.2, 0.25) is 0 Å². The Morgan fingerprint density at radius 1 is 0.933 bits per heavy atom. The van der Waals surface area contributed by atoms with E-state index in [9.17, 15) is 9.59 Å². The van der Waals surface area contributed by atoms with Crippen molar-refractivity contribution >= 4 is 22.8 Å². The molecule has 0 aliphatic heterocycles. The molecule has 0 aliphatic carbocycles. The quantitative estimate of drug-likeness (QED) is 0.515. The van der Waals surface area contributed by atoms with Crippen LogP contribution in [0.5, 0.6) is 11.5 Å². The normalized spacial score (nSPS) is 10.7. The topological polar surface area (TPSA) is 101 Å². The van der Waals surface area contributed by atoms with Gasteiger partial charge in [0, 0.05) is 18.2 Å². The van der Waals surface area contributed by atoms with Crippen molar-refractivity contribution in [2.24, 2.45) is 5.73 Å². The van der Waals surface area contributed by atoms with Crippen molar-refractivity contribution in [3.63, 3.8) is 0 Å². The van der Waals surface area contributed by atoms with Crippen LogP contribution in [0, 0.1) is 0 Å². The van der Waals surface area contributed by atoms with Crippen LogP contribution in [-0.2, 0) is 6.54 Å². The largest absolute Gasteiger partial charge is 0.457 e. The van der Waals surface area contributed by atoms with Gasteiger partial charge >= 0.3 is 0 Å². The van der Waals surface area contributed by atoms with E-state index in [1.807, 2.05) is 24.3 Å². The number of nitrogens with two attached hydrogens (primary N) is 1. The number of rotatable bonds is 6. The maximum atomic E-state index is 12.7. The van der Waals surface area contributed by atoms with Gasteiger partial charge in [0.1, 0.15) is 17.3 Å². The SMILES string of the molecule is CN(Cc1nc2ccccc2[nH]1)C(=O)c1ccc(Oc2ccc(C(N)=O)cc2)cc1. The first-order chi connectivity index (χ1) is 14.5. The van der Waals surface area contributed by atoms with E-state index in [0.29, 0.717) is 29.2 Å². The molecule has 0 aliphatic rings. The standard InChI is InChI=1S/C23H20N4O3/c1-27(14-21-25-19-4-2-3-5-20(19)26-21)23(29)16-8-12-18(13-9-16)30-17-10-6-15(7-11-17)22(24)28/h2-13H,14H2,1H3,(H2,24,28)(H,25,26). The van der Waals surface area contributed by atoms with Crippen molar-refractivity contribution in [2.75, 3.05) is 7.05 Å². The van der Waals surface area contributed by atoms with Crippen LogP contribution >= 0.6 is 0 Å². The van der Waals surface area contributed by atoms with Gasteiger partial charge < -0.3 is 20.4 Å². The molecule has 7 heteroatoms. The number of nitrogens with zero attached hydrogens (tertiary/aromatic N) is 2. The molecule has 3 N–H and O–H groups in total. The van der Waals surface area contributed by atoms with Crippen LogP contribution in [0.3, 0.4) is 0 Å². The van der Waals surface area contributed by atoms with Crippen LogP contribution in [0.25, 0.3) is 11.0 Å². The molecule has 7 nitrogen and oxygen atoms in total. The summed E-state index contributed by atoms with van der Waals surface area (Å²) in [5, 5.41) is 0. The first kappa shape index (κ1) is 19.2. The van der Waals surface area contributed by atoms with Gasteiger partial charge in [-0.1, -0.05) is 12.1 Å². The number of H-pyrrole nitrogens is 1. The third kappa shape index (κ3) is 4.15. The molecule has 0 fully saturated rings. The van der Waals surface area contributed by atoms with Gasteiger partial charge in [-0.25, -0.2) is 4.98 Å². The number of fused-ring (bicyclic) bond motifs is 1. The number of aromatic amines is 1. The Labute approximate surface area is 173 Å². The predicted octanol–water partition coefficient (Wildman–Crippen LogP) is 3.73. The minimum atomic E-state index is -0.490. The Kier molecular flexibility index (Phi) is 5.17. The molecular weight excluding hydrogens is 380 g/mol. The highest BCUT2D eigenvalue weighted by atomic mass is 16.5. The third-order valence-corrected chi connectivity index (χ3v) is 4.65. The summed E-state index contributed by atoms with van der Waals surface area (Å²) in [6, 6.07) is 21.2. The summed E-state index contributed by atoms with van der Waals surface area (Å²) >= 11 is 0. The fourth-order valence-electron chi connectivity index (χ4n) is 3.09. The monoisotopic (exact) mass is 400 g/mol. The van der Waals surface area contributed by atoms with E-state index < -0.39 is 5.91 Å². The molecule has 0 spiro atoms. The molecule has 1 heterocycles. The van der Waals surface area contributed by atoms with Gasteiger partial charge in [-0.3, -0.25) is 9.59 Å². The summed E-state index contributed by atoms with van der Waals surface area (Å²) in [4.78, 5) is 33.2. The number of para-hydroxylation sites is 2. The number of carbonyl (C=O) groups excluding carboxylic acids is 2. The minimum Gasteiger partial charge on any atom is -0.457 e. The minimum absolute atomic E-state index is 0.118. The maximum Gasteiger partial charge on any atom is 0.254 e. The lowest BCUT2D eigenvalue weighted by Gasteiger charge is -2.16. The molecule has 2 amide bonds. The molecule has 0 unspecified atom stereocenters. The number of nitrogens with one attached hydrogen (secondary N) is 1. The maximum absolute atomic E-state index is 12.7. The van der Waals surface area contributed by atoms with E-state index in [4.69, 9.17) is 10.5 Å². The van der Waals surface area contributed by atoms with Gasteiger partial charge in [-0.15, -0.1) is 0 Å². The summed E-state index contributed by atoms with van der Waals surface area (Å²) in [5.74, 6) is 1.27. The smallest absolute Gasteiger partial charge is 0.254 e. The second kappa shape index (κ2) is 8.08. The van der Waals surface area contributed by atoms with Crippen LogP contribution in [0.1, 0.15) is 26.5 Å². The Hall–Kier alpha value is -4.13. The van der Waals surface area contributed by atoms with E-state index >= 15 is 0 Å². The van der Waals surface area contributed by atoms with Crippen molar-refractivity contribution < 1.29 is 14.3 Å². The molecule has 0 saturated heterocycles. The van der Waals surface area contributed by atoms with Gasteiger partial charge in [-0.05, 0) is 60.7 Å². The molecule has 1 aromatic heterocycles. The number of amides is 2. The number of ether oxygens (including phenoxy) is 1. The van der Waals surface area contributed by atoms with Gasteiger partial charge in [0.25, 0.3) is 5.91 Å².